The predicted octanol–water partition coefficient (Wildman–Crippen LogP) is 3.61. The Bertz CT molecular complexity index is 619. The molecule has 2 aromatic rings. The number of nitrogens with two attached hydrogens (primary N) is 1. The number of rotatable bonds is 4. The third-order valence-corrected chi connectivity index (χ3v) is 3.63. The van der Waals surface area contributed by atoms with Crippen LogP contribution >= 0.6 is 15.9 Å². The normalized spacial score (nSPS) is 12.4. The highest BCUT2D eigenvalue weighted by Crippen LogP contribution is 2.24. The van der Waals surface area contributed by atoms with Crippen molar-refractivity contribution in [2.75, 3.05) is 0 Å². The zero-order valence-electron chi connectivity index (χ0n) is 10.3. The molecular formula is C14H12BrF3N2. The molecule has 1 atom stereocenters. The minimum atomic E-state index is -0.650. The molecule has 106 valence electrons. The number of halogens is 4. The Hall–Kier alpha value is -1.37. The summed E-state index contributed by atoms with van der Waals surface area (Å²) in [6, 6.07) is 7.41. The van der Waals surface area contributed by atoms with Gasteiger partial charge in [-0.2, -0.15) is 0 Å². The smallest absolute Gasteiger partial charge is 0.137 e. The highest BCUT2D eigenvalue weighted by atomic mass is 79.9. The molecule has 0 spiro atoms. The van der Waals surface area contributed by atoms with E-state index in [2.05, 4.69) is 21.4 Å². The van der Waals surface area contributed by atoms with Crippen molar-refractivity contribution < 1.29 is 13.2 Å². The molecule has 0 radical (unpaired) electrons. The molecular weight excluding hydrogens is 333 g/mol. The highest BCUT2D eigenvalue weighted by molar-refractivity contribution is 9.10. The van der Waals surface area contributed by atoms with E-state index in [0.29, 0.717) is 15.6 Å². The van der Waals surface area contributed by atoms with Crippen molar-refractivity contribution in [1.82, 2.24) is 5.43 Å². The van der Waals surface area contributed by atoms with Gasteiger partial charge in [0.15, 0.2) is 0 Å². The summed E-state index contributed by atoms with van der Waals surface area (Å²) >= 11 is 3.06. The molecule has 2 aromatic carbocycles. The van der Waals surface area contributed by atoms with Crippen molar-refractivity contribution in [3.63, 3.8) is 0 Å². The zero-order valence-corrected chi connectivity index (χ0v) is 11.9. The van der Waals surface area contributed by atoms with E-state index in [9.17, 15) is 13.2 Å². The molecule has 6 heteroatoms. The maximum absolute atomic E-state index is 13.6. The second-order valence-electron chi connectivity index (χ2n) is 4.33. The van der Waals surface area contributed by atoms with Gasteiger partial charge < -0.3 is 0 Å². The average Bonchev–Trinajstić information content (AvgIpc) is 2.41. The van der Waals surface area contributed by atoms with Crippen LogP contribution in [0.5, 0.6) is 0 Å². The Morgan fingerprint density at radius 3 is 2.40 bits per heavy atom. The first-order valence-corrected chi connectivity index (χ1v) is 6.65. The van der Waals surface area contributed by atoms with Crippen LogP contribution in [0.15, 0.2) is 40.9 Å². The van der Waals surface area contributed by atoms with Gasteiger partial charge in [-0.3, -0.25) is 11.3 Å². The van der Waals surface area contributed by atoms with E-state index >= 15 is 0 Å². The standard InChI is InChI=1S/C14H12BrF3N2/c15-11-4-2-9(5-13(11)18)14(20-19)6-8-1-3-10(16)7-12(8)17/h1-5,7,14,20H,6,19H2. The molecule has 0 aliphatic rings. The van der Waals surface area contributed by atoms with E-state index in [1.165, 1.54) is 18.2 Å². The topological polar surface area (TPSA) is 38.0 Å². The van der Waals surface area contributed by atoms with Gasteiger partial charge in [0.2, 0.25) is 0 Å². The van der Waals surface area contributed by atoms with Crippen molar-refractivity contribution in [3.05, 3.63) is 69.4 Å². The van der Waals surface area contributed by atoms with Crippen molar-refractivity contribution in [2.45, 2.75) is 12.5 Å². The van der Waals surface area contributed by atoms with Crippen LogP contribution in [0.3, 0.4) is 0 Å². The summed E-state index contributed by atoms with van der Waals surface area (Å²) in [5, 5.41) is 0. The van der Waals surface area contributed by atoms with Crippen molar-refractivity contribution >= 4 is 15.9 Å². The summed E-state index contributed by atoms with van der Waals surface area (Å²) in [4.78, 5) is 0. The van der Waals surface area contributed by atoms with Gasteiger partial charge in [-0.25, -0.2) is 13.2 Å². The van der Waals surface area contributed by atoms with E-state index in [1.807, 2.05) is 0 Å². The number of benzene rings is 2. The van der Waals surface area contributed by atoms with E-state index in [0.717, 1.165) is 6.07 Å². The van der Waals surface area contributed by atoms with Crippen LogP contribution in [0.1, 0.15) is 17.2 Å². The van der Waals surface area contributed by atoms with Crippen LogP contribution in [-0.4, -0.2) is 0 Å². The van der Waals surface area contributed by atoms with E-state index in [1.54, 1.807) is 12.1 Å². The van der Waals surface area contributed by atoms with Crippen LogP contribution in [-0.2, 0) is 6.42 Å². The van der Waals surface area contributed by atoms with Crippen molar-refractivity contribution in [2.24, 2.45) is 5.84 Å². The fourth-order valence-corrected chi connectivity index (χ4v) is 2.16. The van der Waals surface area contributed by atoms with Crippen LogP contribution < -0.4 is 11.3 Å². The highest BCUT2D eigenvalue weighted by Gasteiger charge is 2.15. The molecule has 1 unspecified atom stereocenters. The molecule has 0 fully saturated rings. The largest absolute Gasteiger partial charge is 0.271 e. The Morgan fingerprint density at radius 2 is 1.80 bits per heavy atom. The molecule has 0 saturated heterocycles. The minimum Gasteiger partial charge on any atom is -0.271 e. The lowest BCUT2D eigenvalue weighted by Crippen LogP contribution is -2.30. The number of hydrogen-bond acceptors (Lipinski definition) is 2. The molecule has 20 heavy (non-hydrogen) atoms. The summed E-state index contributed by atoms with van der Waals surface area (Å²) in [7, 11) is 0. The maximum atomic E-state index is 13.6. The van der Waals surface area contributed by atoms with Crippen LogP contribution in [0.25, 0.3) is 0 Å². The predicted molar refractivity (Wildman–Crippen MR) is 74.2 cm³/mol. The Balaban J connectivity index is 2.26. The van der Waals surface area contributed by atoms with E-state index in [-0.39, 0.29) is 6.42 Å². The van der Waals surface area contributed by atoms with Crippen molar-refractivity contribution in [3.8, 4) is 0 Å². The molecule has 0 aliphatic heterocycles. The van der Waals surface area contributed by atoms with Crippen LogP contribution in [0, 0.1) is 17.5 Å². The monoisotopic (exact) mass is 344 g/mol. The Kier molecular flexibility index (Phi) is 4.80. The summed E-state index contributed by atoms with van der Waals surface area (Å²) < 4.78 is 40.3. The van der Waals surface area contributed by atoms with E-state index < -0.39 is 23.5 Å². The summed E-state index contributed by atoms with van der Waals surface area (Å²) in [5.41, 5.74) is 3.40. The minimum absolute atomic E-state index is 0.184. The number of nitrogens with one attached hydrogen (secondary N) is 1. The van der Waals surface area contributed by atoms with Gasteiger partial charge >= 0.3 is 0 Å². The quantitative estimate of drug-likeness (QED) is 0.656. The van der Waals surface area contributed by atoms with Gasteiger partial charge in [0.05, 0.1) is 10.5 Å². The molecule has 2 rings (SSSR count). The molecule has 0 saturated carbocycles. The zero-order chi connectivity index (χ0) is 14.7. The first-order chi connectivity index (χ1) is 9.51. The summed E-state index contributed by atoms with van der Waals surface area (Å²) in [6.45, 7) is 0. The SMILES string of the molecule is NNC(Cc1ccc(F)cc1F)c1ccc(Br)c(F)c1. The van der Waals surface area contributed by atoms with Gasteiger partial charge in [-0.1, -0.05) is 12.1 Å². The lowest BCUT2D eigenvalue weighted by molar-refractivity contribution is 0.518. The van der Waals surface area contributed by atoms with Gasteiger partial charge in [-0.05, 0) is 51.7 Å². The number of hydrogen-bond donors (Lipinski definition) is 2. The first-order valence-electron chi connectivity index (χ1n) is 5.86. The molecule has 0 aromatic heterocycles. The number of hydrazine groups is 1. The molecule has 2 nitrogen and oxygen atoms in total. The maximum Gasteiger partial charge on any atom is 0.137 e. The van der Waals surface area contributed by atoms with E-state index in [4.69, 9.17) is 5.84 Å². The van der Waals surface area contributed by atoms with Gasteiger partial charge in [0, 0.05) is 6.07 Å². The third-order valence-electron chi connectivity index (χ3n) is 2.99. The summed E-state index contributed by atoms with van der Waals surface area (Å²) in [6.07, 6.45) is 0.184. The lowest BCUT2D eigenvalue weighted by atomic mass is 9.99. The molecule has 0 amide bonds. The average molecular weight is 345 g/mol. The Morgan fingerprint density at radius 1 is 1.05 bits per heavy atom. The lowest BCUT2D eigenvalue weighted by Gasteiger charge is -2.17. The van der Waals surface area contributed by atoms with Gasteiger partial charge in [0.1, 0.15) is 17.5 Å². The second kappa shape index (κ2) is 6.39. The fourth-order valence-electron chi connectivity index (χ4n) is 1.91. The fraction of sp³-hybridized carbons (Fsp3) is 0.143. The first kappa shape index (κ1) is 15.0. The van der Waals surface area contributed by atoms with Gasteiger partial charge in [-0.15, -0.1) is 0 Å². The molecule has 3 N–H and O–H groups in total. The van der Waals surface area contributed by atoms with Crippen molar-refractivity contribution in [1.29, 1.82) is 0 Å². The van der Waals surface area contributed by atoms with Crippen LogP contribution in [0.4, 0.5) is 13.2 Å². The third kappa shape index (κ3) is 3.39. The molecule has 0 bridgehead atoms. The second-order valence-corrected chi connectivity index (χ2v) is 5.19. The molecule has 0 heterocycles. The molecule has 0 aliphatic carbocycles. The Labute approximate surface area is 122 Å². The van der Waals surface area contributed by atoms with Crippen LogP contribution in [0.2, 0.25) is 0 Å². The van der Waals surface area contributed by atoms with Gasteiger partial charge in [0.25, 0.3) is 0 Å². The summed E-state index contributed by atoms with van der Waals surface area (Å²) in [5.74, 6) is 3.72.